The maximum atomic E-state index is 13.7. The molecule has 0 fully saturated rings. The van der Waals surface area contributed by atoms with E-state index in [0.717, 1.165) is 15.6 Å². The summed E-state index contributed by atoms with van der Waals surface area (Å²) in [4.78, 5) is 28.9. The molecule has 33 heavy (non-hydrogen) atoms. The van der Waals surface area contributed by atoms with Gasteiger partial charge in [0, 0.05) is 10.2 Å². The summed E-state index contributed by atoms with van der Waals surface area (Å²) in [6.07, 6.45) is 1.67. The van der Waals surface area contributed by atoms with Gasteiger partial charge in [0.15, 0.2) is 5.43 Å². The molecule has 6 heteroatoms. The van der Waals surface area contributed by atoms with Crippen molar-refractivity contribution in [3.05, 3.63) is 117 Å². The van der Waals surface area contributed by atoms with Crippen molar-refractivity contribution in [2.75, 3.05) is 11.5 Å². The zero-order valence-corrected chi connectivity index (χ0v) is 19.5. The van der Waals surface area contributed by atoms with Crippen LogP contribution in [0.1, 0.15) is 33.3 Å². The molecule has 4 aromatic rings. The Kier molecular flexibility index (Phi) is 5.38. The first kappa shape index (κ1) is 21.2. The van der Waals surface area contributed by atoms with Crippen LogP contribution in [-0.2, 0) is 0 Å². The van der Waals surface area contributed by atoms with Gasteiger partial charge in [-0.15, -0.1) is 0 Å². The fourth-order valence-corrected chi connectivity index (χ4v) is 4.58. The van der Waals surface area contributed by atoms with Crippen LogP contribution < -0.4 is 15.1 Å². The molecular formula is C27H20BrNO4. The number of amides is 1. The van der Waals surface area contributed by atoms with Crippen LogP contribution in [0.3, 0.4) is 0 Å². The first-order chi connectivity index (χ1) is 16.0. The Morgan fingerprint density at radius 1 is 1.09 bits per heavy atom. The molecule has 0 aliphatic carbocycles. The zero-order valence-electron chi connectivity index (χ0n) is 17.9. The van der Waals surface area contributed by atoms with Crippen LogP contribution in [-0.4, -0.2) is 12.5 Å². The van der Waals surface area contributed by atoms with Crippen LogP contribution in [0.25, 0.3) is 11.0 Å². The molecule has 0 N–H and O–H groups in total. The van der Waals surface area contributed by atoms with Crippen LogP contribution >= 0.6 is 15.9 Å². The lowest BCUT2D eigenvalue weighted by molar-refractivity contribution is 0.0971. The number of benzene rings is 3. The third-order valence-corrected chi connectivity index (χ3v) is 6.17. The number of carbonyl (C=O) groups excluding carboxylic acids is 1. The predicted octanol–water partition coefficient (Wildman–Crippen LogP) is 6.18. The molecule has 0 spiro atoms. The molecule has 1 aliphatic heterocycles. The number of aryl methyl sites for hydroxylation is 1. The number of ether oxygens (including phenoxy) is 1. The highest BCUT2D eigenvalue weighted by molar-refractivity contribution is 9.10. The maximum Gasteiger partial charge on any atom is 0.295 e. The minimum Gasteiger partial charge on any atom is -0.490 e. The van der Waals surface area contributed by atoms with Gasteiger partial charge < -0.3 is 9.15 Å². The molecule has 1 aliphatic rings. The Morgan fingerprint density at radius 3 is 2.61 bits per heavy atom. The lowest BCUT2D eigenvalue weighted by Crippen LogP contribution is -2.29. The number of hydrogen-bond acceptors (Lipinski definition) is 4. The van der Waals surface area contributed by atoms with Gasteiger partial charge in [-0.1, -0.05) is 58.4 Å². The monoisotopic (exact) mass is 501 g/mol. The van der Waals surface area contributed by atoms with Crippen LogP contribution in [0, 0.1) is 6.92 Å². The number of fused-ring (bicyclic) bond motifs is 2. The van der Waals surface area contributed by atoms with Crippen molar-refractivity contribution >= 4 is 38.5 Å². The molecular weight excluding hydrogens is 482 g/mol. The number of rotatable bonds is 5. The Morgan fingerprint density at radius 2 is 1.88 bits per heavy atom. The third kappa shape index (κ3) is 3.66. The van der Waals surface area contributed by atoms with E-state index >= 15 is 0 Å². The van der Waals surface area contributed by atoms with E-state index in [-0.39, 0.29) is 17.1 Å². The Bertz CT molecular complexity index is 1460. The van der Waals surface area contributed by atoms with Gasteiger partial charge in [0.1, 0.15) is 17.9 Å². The molecule has 2 heterocycles. The number of carbonyl (C=O) groups is 1. The van der Waals surface area contributed by atoms with Crippen molar-refractivity contribution in [2.24, 2.45) is 0 Å². The van der Waals surface area contributed by atoms with Crippen LogP contribution in [0.15, 0.2) is 93.1 Å². The van der Waals surface area contributed by atoms with Gasteiger partial charge in [-0.05, 0) is 55.0 Å². The van der Waals surface area contributed by atoms with Crippen molar-refractivity contribution in [3.63, 3.8) is 0 Å². The Labute approximate surface area is 199 Å². The average molecular weight is 502 g/mol. The first-order valence-corrected chi connectivity index (χ1v) is 11.3. The van der Waals surface area contributed by atoms with Gasteiger partial charge >= 0.3 is 0 Å². The summed E-state index contributed by atoms with van der Waals surface area (Å²) in [5, 5.41) is 0.466. The van der Waals surface area contributed by atoms with E-state index in [9.17, 15) is 9.59 Å². The van der Waals surface area contributed by atoms with Crippen LogP contribution in [0.2, 0.25) is 0 Å². The SMILES string of the molecule is C=CCOc1ccc(C2c3c(oc4ccc(C)cc4c3=O)C(=O)N2c2cccc(Br)c2)cc1. The summed E-state index contributed by atoms with van der Waals surface area (Å²) in [5.41, 5.74) is 2.95. The van der Waals surface area contributed by atoms with Gasteiger partial charge in [-0.2, -0.15) is 0 Å². The lowest BCUT2D eigenvalue weighted by atomic mass is 9.98. The molecule has 5 nitrogen and oxygen atoms in total. The van der Waals surface area contributed by atoms with E-state index in [0.29, 0.717) is 34.6 Å². The van der Waals surface area contributed by atoms with Gasteiger partial charge in [0.25, 0.3) is 5.91 Å². The summed E-state index contributed by atoms with van der Waals surface area (Å²) in [5.74, 6) is 0.409. The van der Waals surface area contributed by atoms with E-state index in [1.165, 1.54) is 0 Å². The highest BCUT2D eigenvalue weighted by Gasteiger charge is 2.43. The van der Waals surface area contributed by atoms with E-state index in [1.807, 2.05) is 61.5 Å². The molecule has 1 atom stereocenters. The first-order valence-electron chi connectivity index (χ1n) is 10.5. The molecule has 0 bridgehead atoms. The summed E-state index contributed by atoms with van der Waals surface area (Å²) in [7, 11) is 0. The smallest absolute Gasteiger partial charge is 0.295 e. The molecule has 1 unspecified atom stereocenters. The van der Waals surface area contributed by atoms with Gasteiger partial charge in [0.2, 0.25) is 5.76 Å². The quantitative estimate of drug-likeness (QED) is 0.306. The highest BCUT2D eigenvalue weighted by atomic mass is 79.9. The van der Waals surface area contributed by atoms with E-state index in [2.05, 4.69) is 22.5 Å². The topological polar surface area (TPSA) is 59.8 Å². The van der Waals surface area contributed by atoms with Crippen LogP contribution in [0.4, 0.5) is 5.69 Å². The molecule has 0 saturated carbocycles. The summed E-state index contributed by atoms with van der Waals surface area (Å²) < 4.78 is 12.5. The number of nitrogens with zero attached hydrogens (tertiary/aromatic N) is 1. The predicted molar refractivity (Wildman–Crippen MR) is 132 cm³/mol. The fourth-order valence-electron chi connectivity index (χ4n) is 4.20. The maximum absolute atomic E-state index is 13.7. The molecule has 1 amide bonds. The number of halogens is 1. The van der Waals surface area contributed by atoms with Crippen molar-refractivity contribution in [1.82, 2.24) is 0 Å². The van der Waals surface area contributed by atoms with Crippen molar-refractivity contribution < 1.29 is 13.9 Å². The summed E-state index contributed by atoms with van der Waals surface area (Å²) in [6, 6.07) is 19.6. The highest BCUT2D eigenvalue weighted by Crippen LogP contribution is 2.42. The molecule has 1 aromatic heterocycles. The second-order valence-electron chi connectivity index (χ2n) is 7.90. The fraction of sp³-hybridized carbons (Fsp3) is 0.111. The summed E-state index contributed by atoms with van der Waals surface area (Å²) >= 11 is 3.48. The molecule has 5 rings (SSSR count). The molecule has 0 saturated heterocycles. The van der Waals surface area contributed by atoms with Gasteiger partial charge in [-0.25, -0.2) is 0 Å². The molecule has 3 aromatic carbocycles. The number of anilines is 1. The normalized spacial score (nSPS) is 15.0. The van der Waals surface area contributed by atoms with E-state index in [1.54, 1.807) is 23.1 Å². The molecule has 0 radical (unpaired) electrons. The largest absolute Gasteiger partial charge is 0.490 e. The third-order valence-electron chi connectivity index (χ3n) is 5.68. The Balaban J connectivity index is 1.73. The minimum absolute atomic E-state index is 0.0771. The van der Waals surface area contributed by atoms with E-state index < -0.39 is 6.04 Å². The lowest BCUT2D eigenvalue weighted by Gasteiger charge is -2.25. The second-order valence-corrected chi connectivity index (χ2v) is 8.82. The second kappa shape index (κ2) is 8.37. The van der Waals surface area contributed by atoms with Crippen molar-refractivity contribution in [2.45, 2.75) is 13.0 Å². The van der Waals surface area contributed by atoms with E-state index in [4.69, 9.17) is 9.15 Å². The standard InChI is InChI=1S/C27H20BrNO4/c1-3-13-32-20-10-8-17(9-11-20)24-23-25(30)21-14-16(2)7-12-22(21)33-26(23)27(31)29(24)19-6-4-5-18(28)15-19/h3-12,14-15,24H,1,13H2,2H3. The Hall–Kier alpha value is -3.64. The van der Waals surface area contributed by atoms with Crippen LogP contribution in [0.5, 0.6) is 5.75 Å². The molecule has 164 valence electrons. The zero-order chi connectivity index (χ0) is 23.1. The van der Waals surface area contributed by atoms with Gasteiger partial charge in [0.05, 0.1) is 17.0 Å². The van der Waals surface area contributed by atoms with Crippen molar-refractivity contribution in [3.8, 4) is 5.75 Å². The van der Waals surface area contributed by atoms with Gasteiger partial charge in [-0.3, -0.25) is 14.5 Å². The van der Waals surface area contributed by atoms with Crippen molar-refractivity contribution in [1.29, 1.82) is 0 Å². The number of hydrogen-bond donors (Lipinski definition) is 0. The minimum atomic E-state index is -0.628. The average Bonchev–Trinajstić information content (AvgIpc) is 3.11. The summed E-state index contributed by atoms with van der Waals surface area (Å²) in [6.45, 7) is 5.98.